The number of fused-ring (bicyclic) bond motifs is 1. The second-order valence-electron chi connectivity index (χ2n) is 6.23. The maximum atomic E-state index is 13.1. The van der Waals surface area contributed by atoms with Crippen molar-refractivity contribution in [2.45, 2.75) is 38.3 Å². The van der Waals surface area contributed by atoms with Crippen molar-refractivity contribution < 1.29 is 14.3 Å². The zero-order valence-electron chi connectivity index (χ0n) is 13.6. The average Bonchev–Trinajstić information content (AvgIpc) is 3.07. The number of nitrogens with zero attached hydrogens (tertiary/aromatic N) is 2. The number of carbonyl (C=O) groups is 1. The Kier molecular flexibility index (Phi) is 4.14. The van der Waals surface area contributed by atoms with E-state index in [1.165, 1.54) is 0 Å². The molecule has 0 spiro atoms. The summed E-state index contributed by atoms with van der Waals surface area (Å²) in [4.78, 5) is 19.6. The number of amides is 1. The molecule has 5 nitrogen and oxygen atoms in total. The number of aryl methyl sites for hydroxylation is 1. The van der Waals surface area contributed by atoms with E-state index >= 15 is 0 Å². The second-order valence-corrected chi connectivity index (χ2v) is 7.12. The van der Waals surface area contributed by atoms with Gasteiger partial charge in [-0.15, -0.1) is 11.3 Å². The molecule has 1 saturated heterocycles. The normalized spacial score (nSPS) is 23.1. The molecule has 3 heterocycles. The summed E-state index contributed by atoms with van der Waals surface area (Å²) < 4.78 is 11.6. The van der Waals surface area contributed by atoms with Crippen LogP contribution in [0, 0.1) is 6.92 Å². The van der Waals surface area contributed by atoms with Crippen molar-refractivity contribution >= 4 is 17.2 Å². The first-order chi connectivity index (χ1) is 11.7. The molecule has 24 heavy (non-hydrogen) atoms. The molecule has 1 aromatic heterocycles. The predicted molar refractivity (Wildman–Crippen MR) is 91.5 cm³/mol. The van der Waals surface area contributed by atoms with Gasteiger partial charge in [0, 0.05) is 17.6 Å². The highest BCUT2D eigenvalue weighted by Crippen LogP contribution is 2.35. The fourth-order valence-corrected chi connectivity index (χ4v) is 4.25. The quantitative estimate of drug-likeness (QED) is 0.838. The average molecular weight is 344 g/mol. The number of benzene rings is 1. The summed E-state index contributed by atoms with van der Waals surface area (Å²) in [5.74, 6) is 1.34. The first-order valence-electron chi connectivity index (χ1n) is 8.33. The van der Waals surface area contributed by atoms with E-state index in [0.29, 0.717) is 11.5 Å². The van der Waals surface area contributed by atoms with Gasteiger partial charge in [0.1, 0.15) is 11.6 Å². The Morgan fingerprint density at radius 3 is 2.92 bits per heavy atom. The summed E-state index contributed by atoms with van der Waals surface area (Å²) in [6.07, 6.45) is 2.53. The number of hydrogen-bond acceptors (Lipinski definition) is 5. The van der Waals surface area contributed by atoms with Gasteiger partial charge in [-0.2, -0.15) is 0 Å². The van der Waals surface area contributed by atoms with Gasteiger partial charge in [0.05, 0.1) is 6.04 Å². The Labute approximate surface area is 145 Å². The molecule has 0 saturated carbocycles. The third-order valence-electron chi connectivity index (χ3n) is 4.49. The molecule has 0 radical (unpaired) electrons. The molecule has 2 atom stereocenters. The Morgan fingerprint density at radius 1 is 1.29 bits per heavy atom. The molecule has 2 aliphatic heterocycles. The number of ether oxygens (including phenoxy) is 2. The number of rotatable bonds is 2. The van der Waals surface area contributed by atoms with Crippen LogP contribution in [-0.4, -0.2) is 35.0 Å². The summed E-state index contributed by atoms with van der Waals surface area (Å²) in [6.45, 7) is 3.00. The number of carbonyl (C=O) groups excluding carboxylic acids is 1. The highest BCUT2D eigenvalue weighted by atomic mass is 32.1. The Balaban J connectivity index is 1.54. The molecule has 126 valence electrons. The molecule has 0 aliphatic carbocycles. The standard InChI is InChI=1S/C18H20N2O3S/c1-12-11-24-17(19-12)13-6-4-5-9-20(13)18(21)16-10-22-14-7-2-3-8-15(14)23-16/h2-3,7-8,11,13,16H,4-6,9-10H2,1H3/t13-,16+/m1/s1. The van der Waals surface area contributed by atoms with Crippen LogP contribution < -0.4 is 9.47 Å². The summed E-state index contributed by atoms with van der Waals surface area (Å²) in [5, 5.41) is 3.07. The summed E-state index contributed by atoms with van der Waals surface area (Å²) in [5.41, 5.74) is 1.01. The molecule has 2 aromatic rings. The van der Waals surface area contributed by atoms with Crippen molar-refractivity contribution in [2.24, 2.45) is 0 Å². The number of para-hydroxylation sites is 2. The monoisotopic (exact) mass is 344 g/mol. The number of thiazole rings is 1. The van der Waals surface area contributed by atoms with Gasteiger partial charge in [0.25, 0.3) is 5.91 Å². The zero-order chi connectivity index (χ0) is 16.5. The fourth-order valence-electron chi connectivity index (χ4n) is 3.30. The lowest BCUT2D eigenvalue weighted by molar-refractivity contribution is -0.145. The fraction of sp³-hybridized carbons (Fsp3) is 0.444. The lowest BCUT2D eigenvalue weighted by Gasteiger charge is -2.37. The maximum absolute atomic E-state index is 13.1. The van der Waals surface area contributed by atoms with Gasteiger partial charge in [-0.3, -0.25) is 4.79 Å². The van der Waals surface area contributed by atoms with Crippen LogP contribution in [0.25, 0.3) is 0 Å². The van der Waals surface area contributed by atoms with Crippen LogP contribution in [0.4, 0.5) is 0 Å². The van der Waals surface area contributed by atoms with Crippen LogP contribution >= 0.6 is 11.3 Å². The smallest absolute Gasteiger partial charge is 0.267 e. The van der Waals surface area contributed by atoms with Crippen molar-refractivity contribution in [3.05, 3.63) is 40.3 Å². The van der Waals surface area contributed by atoms with Gasteiger partial charge in [-0.25, -0.2) is 4.98 Å². The molecule has 0 bridgehead atoms. The predicted octanol–water partition coefficient (Wildman–Crippen LogP) is 3.35. The third kappa shape index (κ3) is 2.86. The number of hydrogen-bond donors (Lipinski definition) is 0. The van der Waals surface area contributed by atoms with Crippen LogP contribution in [-0.2, 0) is 4.79 Å². The highest BCUT2D eigenvalue weighted by Gasteiger charge is 2.37. The molecule has 2 aliphatic rings. The van der Waals surface area contributed by atoms with Crippen molar-refractivity contribution in [1.29, 1.82) is 0 Å². The van der Waals surface area contributed by atoms with E-state index in [4.69, 9.17) is 9.47 Å². The summed E-state index contributed by atoms with van der Waals surface area (Å²) in [6, 6.07) is 7.54. The first-order valence-corrected chi connectivity index (χ1v) is 9.21. The van der Waals surface area contributed by atoms with Crippen LogP contribution in [0.5, 0.6) is 11.5 Å². The largest absolute Gasteiger partial charge is 0.485 e. The van der Waals surface area contributed by atoms with Crippen LogP contribution in [0.15, 0.2) is 29.6 Å². The molecule has 1 fully saturated rings. The lowest BCUT2D eigenvalue weighted by atomic mass is 10.0. The molecule has 1 amide bonds. The van der Waals surface area contributed by atoms with Gasteiger partial charge in [0.2, 0.25) is 6.10 Å². The molecule has 1 aromatic carbocycles. The summed E-state index contributed by atoms with van der Waals surface area (Å²) >= 11 is 1.64. The Hall–Kier alpha value is -2.08. The second kappa shape index (κ2) is 6.43. The molecule has 0 unspecified atom stereocenters. The van der Waals surface area contributed by atoms with E-state index in [2.05, 4.69) is 4.98 Å². The van der Waals surface area contributed by atoms with Gasteiger partial charge in [-0.05, 0) is 38.3 Å². The highest BCUT2D eigenvalue weighted by molar-refractivity contribution is 7.09. The van der Waals surface area contributed by atoms with Crippen LogP contribution in [0.3, 0.4) is 0 Å². The molecule has 6 heteroatoms. The third-order valence-corrected chi connectivity index (χ3v) is 5.56. The zero-order valence-corrected chi connectivity index (χ0v) is 14.4. The molecule has 0 N–H and O–H groups in total. The molecular formula is C18H20N2O3S. The SMILES string of the molecule is Cc1csc([C@H]2CCCCN2C(=O)[C@@H]2COc3ccccc3O2)n1. The number of piperidine rings is 1. The van der Waals surface area contributed by atoms with Crippen molar-refractivity contribution in [2.75, 3.05) is 13.2 Å². The van der Waals surface area contributed by atoms with E-state index < -0.39 is 6.10 Å². The van der Waals surface area contributed by atoms with E-state index in [1.54, 1.807) is 11.3 Å². The van der Waals surface area contributed by atoms with E-state index in [9.17, 15) is 4.79 Å². The minimum Gasteiger partial charge on any atom is -0.485 e. The van der Waals surface area contributed by atoms with Crippen molar-refractivity contribution in [1.82, 2.24) is 9.88 Å². The van der Waals surface area contributed by atoms with Crippen molar-refractivity contribution in [3.8, 4) is 11.5 Å². The van der Waals surface area contributed by atoms with Gasteiger partial charge >= 0.3 is 0 Å². The minimum absolute atomic E-state index is 0.00190. The van der Waals surface area contributed by atoms with Gasteiger partial charge in [-0.1, -0.05) is 12.1 Å². The van der Waals surface area contributed by atoms with Gasteiger partial charge in [0.15, 0.2) is 11.5 Å². The number of likely N-dealkylation sites (tertiary alicyclic amines) is 1. The van der Waals surface area contributed by atoms with E-state index in [1.807, 2.05) is 41.5 Å². The van der Waals surface area contributed by atoms with E-state index in [-0.39, 0.29) is 18.6 Å². The minimum atomic E-state index is -0.582. The Bertz CT molecular complexity index is 745. The Morgan fingerprint density at radius 2 is 2.12 bits per heavy atom. The maximum Gasteiger partial charge on any atom is 0.267 e. The van der Waals surface area contributed by atoms with Gasteiger partial charge < -0.3 is 14.4 Å². The van der Waals surface area contributed by atoms with Crippen LogP contribution in [0.1, 0.15) is 36.0 Å². The lowest BCUT2D eigenvalue weighted by Crippen LogP contribution is -2.49. The summed E-state index contributed by atoms with van der Waals surface area (Å²) in [7, 11) is 0. The van der Waals surface area contributed by atoms with Crippen molar-refractivity contribution in [3.63, 3.8) is 0 Å². The van der Waals surface area contributed by atoms with E-state index in [0.717, 1.165) is 36.5 Å². The number of aromatic nitrogens is 1. The van der Waals surface area contributed by atoms with Crippen LogP contribution in [0.2, 0.25) is 0 Å². The topological polar surface area (TPSA) is 51.7 Å². The first kappa shape index (κ1) is 15.4. The molecule has 4 rings (SSSR count). The molecular weight excluding hydrogens is 324 g/mol.